The Bertz CT molecular complexity index is 918. The van der Waals surface area contributed by atoms with Crippen LogP contribution in [0, 0.1) is 5.82 Å². The molecule has 0 atom stereocenters. The van der Waals surface area contributed by atoms with Crippen LogP contribution in [-0.2, 0) is 10.0 Å². The van der Waals surface area contributed by atoms with Crippen LogP contribution in [0.3, 0.4) is 0 Å². The van der Waals surface area contributed by atoms with E-state index in [0.717, 1.165) is 6.07 Å². The molecule has 0 spiro atoms. The van der Waals surface area contributed by atoms with Crippen molar-refractivity contribution in [2.45, 2.75) is 24.8 Å². The molecule has 0 saturated heterocycles. The number of benzene rings is 2. The van der Waals surface area contributed by atoms with E-state index in [9.17, 15) is 17.6 Å². The van der Waals surface area contributed by atoms with E-state index in [1.165, 1.54) is 30.3 Å². The highest BCUT2D eigenvalue weighted by atomic mass is 35.5. The van der Waals surface area contributed by atoms with Gasteiger partial charge < -0.3 is 5.32 Å². The van der Waals surface area contributed by atoms with Crippen LogP contribution in [0.4, 0.5) is 10.1 Å². The van der Waals surface area contributed by atoms with Gasteiger partial charge in [0.05, 0.1) is 21.2 Å². The van der Waals surface area contributed by atoms with Crippen LogP contribution in [0.2, 0.25) is 10.0 Å². The van der Waals surface area contributed by atoms with Crippen LogP contribution in [0.1, 0.15) is 24.2 Å². The SMILES string of the molecule is CC(C)NS(=O)(=O)c1ccc(NC(=O)c2ccc(Cl)cc2Cl)c(F)c1. The largest absolute Gasteiger partial charge is 0.319 e. The summed E-state index contributed by atoms with van der Waals surface area (Å²) in [4.78, 5) is 12.0. The molecule has 0 saturated carbocycles. The predicted molar refractivity (Wildman–Crippen MR) is 96.3 cm³/mol. The van der Waals surface area contributed by atoms with Crippen molar-refractivity contribution in [3.8, 4) is 0 Å². The van der Waals surface area contributed by atoms with Gasteiger partial charge >= 0.3 is 0 Å². The van der Waals surface area contributed by atoms with Crippen molar-refractivity contribution in [2.75, 3.05) is 5.32 Å². The number of sulfonamides is 1. The number of carbonyl (C=O) groups is 1. The summed E-state index contributed by atoms with van der Waals surface area (Å²) in [5.74, 6) is -1.53. The second kappa shape index (κ2) is 7.70. The minimum atomic E-state index is -3.83. The van der Waals surface area contributed by atoms with Crippen LogP contribution in [-0.4, -0.2) is 20.4 Å². The van der Waals surface area contributed by atoms with Crippen molar-refractivity contribution in [1.82, 2.24) is 4.72 Å². The molecular weight excluding hydrogens is 390 g/mol. The quantitative estimate of drug-likeness (QED) is 0.788. The van der Waals surface area contributed by atoms with Gasteiger partial charge in [-0.2, -0.15) is 0 Å². The molecular formula is C16H15Cl2FN2O3S. The number of carbonyl (C=O) groups excluding carboxylic acids is 1. The molecule has 0 aliphatic rings. The first kappa shape index (κ1) is 19.7. The molecule has 0 heterocycles. The van der Waals surface area contributed by atoms with Gasteiger partial charge in [-0.25, -0.2) is 17.5 Å². The topological polar surface area (TPSA) is 75.3 Å². The second-order valence-electron chi connectivity index (χ2n) is 5.50. The van der Waals surface area contributed by atoms with Gasteiger partial charge in [0.1, 0.15) is 5.82 Å². The molecule has 9 heteroatoms. The maximum Gasteiger partial charge on any atom is 0.257 e. The summed E-state index contributed by atoms with van der Waals surface area (Å²) in [6.07, 6.45) is 0. The number of anilines is 1. The number of amides is 1. The van der Waals surface area contributed by atoms with E-state index in [1.54, 1.807) is 13.8 Å². The highest BCUT2D eigenvalue weighted by Gasteiger charge is 2.19. The zero-order chi connectivity index (χ0) is 18.8. The third-order valence-corrected chi connectivity index (χ3v) is 5.27. The van der Waals surface area contributed by atoms with E-state index >= 15 is 0 Å². The fourth-order valence-electron chi connectivity index (χ4n) is 2.01. The third-order valence-electron chi connectivity index (χ3n) is 3.07. The van der Waals surface area contributed by atoms with Gasteiger partial charge in [-0.3, -0.25) is 4.79 Å². The third kappa shape index (κ3) is 4.92. The summed E-state index contributed by atoms with van der Waals surface area (Å²) in [7, 11) is -3.83. The molecule has 0 aliphatic heterocycles. The van der Waals surface area contributed by atoms with E-state index in [2.05, 4.69) is 10.0 Å². The Morgan fingerprint density at radius 3 is 2.36 bits per heavy atom. The minimum Gasteiger partial charge on any atom is -0.319 e. The highest BCUT2D eigenvalue weighted by molar-refractivity contribution is 7.89. The Morgan fingerprint density at radius 1 is 1.12 bits per heavy atom. The molecule has 5 nitrogen and oxygen atoms in total. The first-order valence-electron chi connectivity index (χ1n) is 7.18. The van der Waals surface area contributed by atoms with Gasteiger partial charge in [0.25, 0.3) is 5.91 Å². The summed E-state index contributed by atoms with van der Waals surface area (Å²) >= 11 is 11.7. The summed E-state index contributed by atoms with van der Waals surface area (Å²) in [6, 6.07) is 7.15. The molecule has 0 unspecified atom stereocenters. The average Bonchev–Trinajstić information content (AvgIpc) is 2.47. The minimum absolute atomic E-state index is 0.114. The number of halogens is 3. The van der Waals surface area contributed by atoms with Gasteiger partial charge in [0.2, 0.25) is 10.0 Å². The molecule has 134 valence electrons. The highest BCUT2D eigenvalue weighted by Crippen LogP contribution is 2.24. The number of hydrogen-bond donors (Lipinski definition) is 2. The molecule has 1 amide bonds. The average molecular weight is 405 g/mol. The van der Waals surface area contributed by atoms with Gasteiger partial charge in [-0.1, -0.05) is 23.2 Å². The molecule has 0 aliphatic carbocycles. The van der Waals surface area contributed by atoms with E-state index in [4.69, 9.17) is 23.2 Å². The van der Waals surface area contributed by atoms with Crippen LogP contribution < -0.4 is 10.0 Å². The van der Waals surface area contributed by atoms with E-state index in [-0.39, 0.29) is 27.2 Å². The van der Waals surface area contributed by atoms with Gasteiger partial charge in [0.15, 0.2) is 0 Å². The molecule has 0 bridgehead atoms. The molecule has 0 aromatic heterocycles. The van der Waals surface area contributed by atoms with Crippen molar-refractivity contribution >= 4 is 44.8 Å². The maximum atomic E-state index is 14.2. The Balaban J connectivity index is 2.25. The van der Waals surface area contributed by atoms with Crippen molar-refractivity contribution < 1.29 is 17.6 Å². The Labute approximate surface area is 155 Å². The molecule has 0 fully saturated rings. The fraction of sp³-hybridized carbons (Fsp3) is 0.188. The fourth-order valence-corrected chi connectivity index (χ4v) is 3.76. The van der Waals surface area contributed by atoms with Gasteiger partial charge in [-0.05, 0) is 50.2 Å². The lowest BCUT2D eigenvalue weighted by Crippen LogP contribution is -2.30. The number of hydrogen-bond acceptors (Lipinski definition) is 3. The first-order chi connectivity index (χ1) is 11.6. The second-order valence-corrected chi connectivity index (χ2v) is 8.05. The summed E-state index contributed by atoms with van der Waals surface area (Å²) in [5, 5.41) is 2.83. The lowest BCUT2D eigenvalue weighted by Gasteiger charge is -2.12. The summed E-state index contributed by atoms with van der Waals surface area (Å²) in [5.41, 5.74) is -0.0526. The van der Waals surface area contributed by atoms with Crippen LogP contribution in [0.5, 0.6) is 0 Å². The lowest BCUT2D eigenvalue weighted by atomic mass is 10.2. The standard InChI is InChI=1S/C16H15Cl2FN2O3S/c1-9(2)21-25(23,24)11-4-6-15(14(19)8-11)20-16(22)12-5-3-10(17)7-13(12)18/h3-9,21H,1-2H3,(H,20,22). The predicted octanol–water partition coefficient (Wildman–Crippen LogP) is 4.07. The molecule has 2 aromatic rings. The van der Waals surface area contributed by atoms with Crippen LogP contribution in [0.15, 0.2) is 41.3 Å². The van der Waals surface area contributed by atoms with E-state index in [1.807, 2.05) is 0 Å². The van der Waals surface area contributed by atoms with Gasteiger partial charge in [-0.15, -0.1) is 0 Å². The van der Waals surface area contributed by atoms with Crippen molar-refractivity contribution in [3.63, 3.8) is 0 Å². The van der Waals surface area contributed by atoms with Crippen LogP contribution in [0.25, 0.3) is 0 Å². The molecule has 2 N–H and O–H groups in total. The summed E-state index contributed by atoms with van der Waals surface area (Å²) in [6.45, 7) is 3.30. The zero-order valence-electron chi connectivity index (χ0n) is 13.3. The normalized spacial score (nSPS) is 11.6. The van der Waals surface area contributed by atoms with Crippen molar-refractivity contribution in [2.24, 2.45) is 0 Å². The smallest absolute Gasteiger partial charge is 0.257 e. The molecule has 0 radical (unpaired) electrons. The lowest BCUT2D eigenvalue weighted by molar-refractivity contribution is 0.102. The number of rotatable bonds is 5. The van der Waals surface area contributed by atoms with Crippen molar-refractivity contribution in [3.05, 3.63) is 57.8 Å². The molecule has 2 rings (SSSR count). The van der Waals surface area contributed by atoms with Crippen molar-refractivity contribution in [1.29, 1.82) is 0 Å². The van der Waals surface area contributed by atoms with E-state index in [0.29, 0.717) is 5.02 Å². The Hall–Kier alpha value is -1.67. The monoisotopic (exact) mass is 404 g/mol. The maximum absolute atomic E-state index is 14.2. The van der Waals surface area contributed by atoms with E-state index < -0.39 is 21.7 Å². The molecule has 2 aromatic carbocycles. The Kier molecular flexibility index (Phi) is 6.05. The number of nitrogens with one attached hydrogen (secondary N) is 2. The first-order valence-corrected chi connectivity index (χ1v) is 9.42. The summed E-state index contributed by atoms with van der Waals surface area (Å²) < 4.78 is 40.6. The zero-order valence-corrected chi connectivity index (χ0v) is 15.6. The molecule has 25 heavy (non-hydrogen) atoms. The van der Waals surface area contributed by atoms with Gasteiger partial charge in [0, 0.05) is 11.1 Å². The Morgan fingerprint density at radius 2 is 1.80 bits per heavy atom. The van der Waals surface area contributed by atoms with Crippen LogP contribution >= 0.6 is 23.2 Å².